The Morgan fingerprint density at radius 3 is 2.75 bits per heavy atom. The highest BCUT2D eigenvalue weighted by Crippen LogP contribution is 2.21. The third kappa shape index (κ3) is 1.58. The first-order valence-corrected chi connectivity index (χ1v) is 5.15. The van der Waals surface area contributed by atoms with E-state index < -0.39 is 9.84 Å². The van der Waals surface area contributed by atoms with Gasteiger partial charge >= 0.3 is 0 Å². The number of para-hydroxylation sites is 1. The maximum absolute atomic E-state index is 11.2. The van der Waals surface area contributed by atoms with Crippen molar-refractivity contribution in [2.75, 3.05) is 5.75 Å². The van der Waals surface area contributed by atoms with Crippen LogP contribution in [0, 0.1) is 6.07 Å². The molecule has 3 nitrogen and oxygen atoms in total. The lowest BCUT2D eigenvalue weighted by atomic mass is 10.3. The van der Waals surface area contributed by atoms with Crippen molar-refractivity contribution < 1.29 is 13.5 Å². The standard InChI is InChI=1S/C8H9O3S/c1-2-12(10,11)8-6-4-3-5-7(8)9/h3-4,6,9H,2H2,1H3. The summed E-state index contributed by atoms with van der Waals surface area (Å²) >= 11 is 0. The topological polar surface area (TPSA) is 54.4 Å². The average Bonchev–Trinajstić information content (AvgIpc) is 2.05. The molecule has 0 saturated carbocycles. The fourth-order valence-corrected chi connectivity index (χ4v) is 1.77. The zero-order valence-electron chi connectivity index (χ0n) is 6.61. The number of hydrogen-bond acceptors (Lipinski definition) is 3. The van der Waals surface area contributed by atoms with Crippen molar-refractivity contribution >= 4 is 9.84 Å². The number of aromatic hydroxyl groups is 1. The Morgan fingerprint density at radius 1 is 1.58 bits per heavy atom. The fourth-order valence-electron chi connectivity index (χ4n) is 0.819. The Hall–Kier alpha value is -1.03. The molecule has 0 aliphatic rings. The van der Waals surface area contributed by atoms with Gasteiger partial charge in [-0.25, -0.2) is 8.42 Å². The average molecular weight is 185 g/mol. The van der Waals surface area contributed by atoms with E-state index in [0.29, 0.717) is 0 Å². The molecule has 0 unspecified atom stereocenters. The van der Waals surface area contributed by atoms with Gasteiger partial charge in [-0.3, -0.25) is 0 Å². The van der Waals surface area contributed by atoms with Gasteiger partial charge in [-0.05, 0) is 6.07 Å². The predicted molar refractivity (Wildman–Crippen MR) is 44.7 cm³/mol. The van der Waals surface area contributed by atoms with Crippen LogP contribution in [0.15, 0.2) is 23.1 Å². The molecule has 0 aliphatic carbocycles. The molecule has 1 aromatic carbocycles. The van der Waals surface area contributed by atoms with E-state index >= 15 is 0 Å². The Bertz CT molecular complexity index is 368. The van der Waals surface area contributed by atoms with E-state index in [1.54, 1.807) is 0 Å². The Labute approximate surface area is 71.6 Å². The number of sulfone groups is 1. The first-order valence-electron chi connectivity index (χ1n) is 3.50. The van der Waals surface area contributed by atoms with Crippen molar-refractivity contribution in [1.29, 1.82) is 0 Å². The predicted octanol–water partition coefficient (Wildman–Crippen LogP) is 0.986. The summed E-state index contributed by atoms with van der Waals surface area (Å²) in [6.07, 6.45) is 0. The minimum Gasteiger partial charge on any atom is -0.506 e. The van der Waals surface area contributed by atoms with Crippen LogP contribution in [-0.4, -0.2) is 19.3 Å². The molecule has 1 aromatic rings. The monoisotopic (exact) mass is 185 g/mol. The van der Waals surface area contributed by atoms with Gasteiger partial charge in [0.05, 0.1) is 5.75 Å². The lowest BCUT2D eigenvalue weighted by Gasteiger charge is -2.01. The van der Waals surface area contributed by atoms with Crippen molar-refractivity contribution in [2.45, 2.75) is 11.8 Å². The van der Waals surface area contributed by atoms with Gasteiger partial charge in [-0.2, -0.15) is 0 Å². The molecule has 65 valence electrons. The molecule has 0 heterocycles. The van der Waals surface area contributed by atoms with Crippen LogP contribution in [0.3, 0.4) is 0 Å². The third-order valence-electron chi connectivity index (χ3n) is 1.51. The summed E-state index contributed by atoms with van der Waals surface area (Å²) in [7, 11) is -3.31. The molecule has 0 atom stereocenters. The number of phenolic OH excluding ortho intramolecular Hbond substituents is 1. The zero-order chi connectivity index (χ0) is 9.19. The van der Waals surface area contributed by atoms with Gasteiger partial charge in [-0.15, -0.1) is 0 Å². The quantitative estimate of drug-likeness (QED) is 0.747. The van der Waals surface area contributed by atoms with Crippen molar-refractivity contribution in [3.8, 4) is 5.75 Å². The third-order valence-corrected chi connectivity index (χ3v) is 3.27. The molecule has 1 radical (unpaired) electrons. The highest BCUT2D eigenvalue weighted by Gasteiger charge is 2.14. The van der Waals surface area contributed by atoms with Gasteiger partial charge in [0.1, 0.15) is 10.6 Å². The van der Waals surface area contributed by atoms with Crippen LogP contribution in [-0.2, 0) is 9.84 Å². The van der Waals surface area contributed by atoms with E-state index in [2.05, 4.69) is 6.07 Å². The van der Waals surface area contributed by atoms with Gasteiger partial charge in [0.15, 0.2) is 9.84 Å². The molecule has 0 bridgehead atoms. The molecule has 1 rings (SSSR count). The van der Waals surface area contributed by atoms with Crippen LogP contribution in [0.25, 0.3) is 0 Å². The lowest BCUT2D eigenvalue weighted by Crippen LogP contribution is -2.03. The number of phenols is 1. The molecular weight excluding hydrogens is 176 g/mol. The first kappa shape index (κ1) is 9.06. The van der Waals surface area contributed by atoms with Gasteiger partial charge < -0.3 is 5.11 Å². The largest absolute Gasteiger partial charge is 0.506 e. The molecule has 0 fully saturated rings. The van der Waals surface area contributed by atoms with Crippen molar-refractivity contribution in [2.24, 2.45) is 0 Å². The minimum atomic E-state index is -3.31. The maximum atomic E-state index is 11.2. The molecule has 4 heteroatoms. The zero-order valence-corrected chi connectivity index (χ0v) is 7.43. The first-order chi connectivity index (χ1) is 5.58. The Morgan fingerprint density at radius 2 is 2.25 bits per heavy atom. The van der Waals surface area contributed by atoms with Crippen LogP contribution >= 0.6 is 0 Å². The SMILES string of the molecule is CCS(=O)(=O)c1ccc[c]c1O. The lowest BCUT2D eigenvalue weighted by molar-refractivity contribution is 0.457. The Kier molecular flexibility index (Phi) is 2.38. The van der Waals surface area contributed by atoms with E-state index in [1.807, 2.05) is 0 Å². The molecule has 0 aliphatic heterocycles. The summed E-state index contributed by atoms with van der Waals surface area (Å²) in [5, 5.41) is 9.14. The van der Waals surface area contributed by atoms with Crippen LogP contribution in [0.5, 0.6) is 5.75 Å². The summed E-state index contributed by atoms with van der Waals surface area (Å²) < 4.78 is 22.5. The Balaban J connectivity index is 3.30. The van der Waals surface area contributed by atoms with Gasteiger partial charge in [0.25, 0.3) is 0 Å². The smallest absolute Gasteiger partial charge is 0.181 e. The van der Waals surface area contributed by atoms with Crippen molar-refractivity contribution in [3.05, 3.63) is 24.3 Å². The highest BCUT2D eigenvalue weighted by molar-refractivity contribution is 7.91. The second-order valence-electron chi connectivity index (χ2n) is 2.29. The molecule has 0 amide bonds. The summed E-state index contributed by atoms with van der Waals surface area (Å²) in [4.78, 5) is -0.0486. The van der Waals surface area contributed by atoms with Gasteiger partial charge in [-0.1, -0.05) is 19.1 Å². The van der Waals surface area contributed by atoms with Crippen molar-refractivity contribution in [1.82, 2.24) is 0 Å². The number of rotatable bonds is 2. The number of benzene rings is 1. The molecular formula is C8H9O3S. The minimum absolute atomic E-state index is 0.0155. The molecule has 0 saturated heterocycles. The summed E-state index contributed by atoms with van der Waals surface area (Å²) in [5.74, 6) is -0.322. The molecule has 0 aromatic heterocycles. The molecule has 1 N–H and O–H groups in total. The van der Waals surface area contributed by atoms with Crippen LogP contribution in [0.1, 0.15) is 6.92 Å². The fraction of sp³-hybridized carbons (Fsp3) is 0.250. The maximum Gasteiger partial charge on any atom is 0.181 e. The van der Waals surface area contributed by atoms with E-state index in [9.17, 15) is 8.42 Å². The summed E-state index contributed by atoms with van der Waals surface area (Å²) in [5.41, 5.74) is 0. The van der Waals surface area contributed by atoms with E-state index in [-0.39, 0.29) is 16.4 Å². The van der Waals surface area contributed by atoms with Crippen LogP contribution in [0.4, 0.5) is 0 Å². The second-order valence-corrected chi connectivity index (χ2v) is 4.53. The molecule has 12 heavy (non-hydrogen) atoms. The van der Waals surface area contributed by atoms with E-state index in [1.165, 1.54) is 25.1 Å². The second kappa shape index (κ2) is 3.15. The molecule has 0 spiro atoms. The van der Waals surface area contributed by atoms with E-state index in [0.717, 1.165) is 0 Å². The van der Waals surface area contributed by atoms with Crippen molar-refractivity contribution in [3.63, 3.8) is 0 Å². The van der Waals surface area contributed by atoms with E-state index in [4.69, 9.17) is 5.11 Å². The normalized spacial score (nSPS) is 11.4. The summed E-state index contributed by atoms with van der Waals surface area (Å²) in [6.45, 7) is 1.53. The summed E-state index contributed by atoms with van der Waals surface area (Å²) in [6, 6.07) is 6.77. The van der Waals surface area contributed by atoms with Crippen LogP contribution < -0.4 is 0 Å². The highest BCUT2D eigenvalue weighted by atomic mass is 32.2. The number of hydrogen-bond donors (Lipinski definition) is 1. The van der Waals surface area contributed by atoms with Gasteiger partial charge in [0, 0.05) is 6.07 Å². The van der Waals surface area contributed by atoms with Gasteiger partial charge in [0.2, 0.25) is 0 Å². The van der Waals surface area contributed by atoms with Crippen LogP contribution in [0.2, 0.25) is 0 Å².